The number of hydrogen-bond acceptors (Lipinski definition) is 2. The summed E-state index contributed by atoms with van der Waals surface area (Å²) in [4.78, 5) is 0. The second-order valence-electron chi connectivity index (χ2n) is 3.33. The summed E-state index contributed by atoms with van der Waals surface area (Å²) < 4.78 is 11.1. The van der Waals surface area contributed by atoms with Crippen molar-refractivity contribution in [3.63, 3.8) is 0 Å². The lowest BCUT2D eigenvalue weighted by molar-refractivity contribution is -0.118. The molecule has 2 fully saturated rings. The second-order valence-corrected chi connectivity index (χ2v) is 3.33. The third-order valence-electron chi connectivity index (χ3n) is 2.42. The second kappa shape index (κ2) is 2.86. The van der Waals surface area contributed by atoms with Gasteiger partial charge in [-0.05, 0) is 19.3 Å². The van der Waals surface area contributed by atoms with Crippen LogP contribution in [0.15, 0.2) is 12.3 Å². The lowest BCUT2D eigenvalue weighted by atomic mass is 9.94. The summed E-state index contributed by atoms with van der Waals surface area (Å²) in [5, 5.41) is 0. The highest BCUT2D eigenvalue weighted by Gasteiger charge is 2.31. The summed E-state index contributed by atoms with van der Waals surface area (Å²) in [7, 11) is 0. The number of fused-ring (bicyclic) bond motifs is 1. The summed E-state index contributed by atoms with van der Waals surface area (Å²) in [5.74, 6) is 0.799. The van der Waals surface area contributed by atoms with Gasteiger partial charge >= 0.3 is 0 Å². The van der Waals surface area contributed by atoms with Gasteiger partial charge in [-0.25, -0.2) is 0 Å². The Bertz CT molecular complexity index is 165. The molecule has 0 spiro atoms. The molecule has 0 N–H and O–H groups in total. The third-order valence-corrected chi connectivity index (χ3v) is 2.42. The van der Waals surface area contributed by atoms with Crippen molar-refractivity contribution in [3.05, 3.63) is 12.3 Å². The molecule has 0 unspecified atom stereocenters. The van der Waals surface area contributed by atoms with E-state index in [1.165, 1.54) is 12.8 Å². The Kier molecular flexibility index (Phi) is 1.86. The van der Waals surface area contributed by atoms with Crippen molar-refractivity contribution < 1.29 is 9.47 Å². The minimum atomic E-state index is 0.310. The molecule has 2 nitrogen and oxygen atoms in total. The molecule has 2 rings (SSSR count). The van der Waals surface area contributed by atoms with E-state index in [4.69, 9.17) is 9.47 Å². The maximum Gasteiger partial charge on any atom is 0.124 e. The maximum atomic E-state index is 5.57. The Labute approximate surface area is 67.2 Å². The van der Waals surface area contributed by atoms with E-state index >= 15 is 0 Å². The number of rotatable bonds is 0. The first kappa shape index (κ1) is 7.17. The molecule has 0 aromatic heterocycles. The summed E-state index contributed by atoms with van der Waals surface area (Å²) in [6.07, 6.45) is 5.54. The van der Waals surface area contributed by atoms with Crippen molar-refractivity contribution in [1.82, 2.24) is 0 Å². The van der Waals surface area contributed by atoms with E-state index in [-0.39, 0.29) is 0 Å². The molecule has 0 aromatic rings. The van der Waals surface area contributed by atoms with Crippen LogP contribution in [-0.2, 0) is 9.47 Å². The average molecular weight is 154 g/mol. The van der Waals surface area contributed by atoms with Gasteiger partial charge in [0.05, 0.1) is 6.10 Å². The Morgan fingerprint density at radius 2 is 1.91 bits per heavy atom. The van der Waals surface area contributed by atoms with Crippen LogP contribution >= 0.6 is 0 Å². The minimum Gasteiger partial charge on any atom is -0.490 e. The molecule has 2 atom stereocenters. The van der Waals surface area contributed by atoms with Crippen molar-refractivity contribution in [2.45, 2.75) is 37.9 Å². The van der Waals surface area contributed by atoms with Crippen LogP contribution in [0.3, 0.4) is 0 Å². The summed E-state index contributed by atoms with van der Waals surface area (Å²) in [6.45, 7) is 4.36. The van der Waals surface area contributed by atoms with E-state index in [2.05, 4.69) is 6.58 Å². The predicted octanol–water partition coefficient (Wildman–Crippen LogP) is 1.86. The van der Waals surface area contributed by atoms with Gasteiger partial charge in [0.15, 0.2) is 0 Å². The molecular formula is C9H14O2. The van der Waals surface area contributed by atoms with Crippen LogP contribution in [0, 0.1) is 0 Å². The maximum absolute atomic E-state index is 5.57. The highest BCUT2D eigenvalue weighted by Crippen LogP contribution is 2.28. The van der Waals surface area contributed by atoms with E-state index in [1.807, 2.05) is 0 Å². The van der Waals surface area contributed by atoms with Gasteiger partial charge in [0, 0.05) is 0 Å². The largest absolute Gasteiger partial charge is 0.490 e. The van der Waals surface area contributed by atoms with E-state index < -0.39 is 0 Å². The lowest BCUT2D eigenvalue weighted by Gasteiger charge is -2.36. The topological polar surface area (TPSA) is 18.5 Å². The zero-order chi connectivity index (χ0) is 7.68. The van der Waals surface area contributed by atoms with Gasteiger partial charge in [0.2, 0.25) is 0 Å². The molecule has 1 saturated heterocycles. The van der Waals surface area contributed by atoms with Crippen molar-refractivity contribution in [2.75, 3.05) is 6.61 Å². The SMILES string of the molecule is C=C1CO[C@@H]2CCCC[C@H]2O1. The molecule has 62 valence electrons. The molecule has 11 heavy (non-hydrogen) atoms. The average Bonchev–Trinajstić information content (AvgIpc) is 2.04. The van der Waals surface area contributed by atoms with Crippen LogP contribution in [0.5, 0.6) is 0 Å². The van der Waals surface area contributed by atoms with Crippen molar-refractivity contribution in [2.24, 2.45) is 0 Å². The lowest BCUT2D eigenvalue weighted by Crippen LogP contribution is -2.39. The predicted molar refractivity (Wildman–Crippen MR) is 42.2 cm³/mol. The summed E-state index contributed by atoms with van der Waals surface area (Å²) in [6, 6.07) is 0. The molecule has 0 bridgehead atoms. The van der Waals surface area contributed by atoms with Crippen LogP contribution in [-0.4, -0.2) is 18.8 Å². The fourth-order valence-electron chi connectivity index (χ4n) is 1.84. The van der Waals surface area contributed by atoms with Gasteiger partial charge in [-0.15, -0.1) is 0 Å². The quantitative estimate of drug-likeness (QED) is 0.530. The van der Waals surface area contributed by atoms with E-state index in [1.54, 1.807) is 0 Å². The monoisotopic (exact) mass is 154 g/mol. The number of hydrogen-bond donors (Lipinski definition) is 0. The van der Waals surface area contributed by atoms with Crippen LogP contribution in [0.1, 0.15) is 25.7 Å². The molecular weight excluding hydrogens is 140 g/mol. The Morgan fingerprint density at radius 1 is 1.18 bits per heavy atom. The highest BCUT2D eigenvalue weighted by molar-refractivity contribution is 4.92. The summed E-state index contributed by atoms with van der Waals surface area (Å²) >= 11 is 0. The molecule has 1 heterocycles. The molecule has 0 radical (unpaired) electrons. The van der Waals surface area contributed by atoms with E-state index in [9.17, 15) is 0 Å². The van der Waals surface area contributed by atoms with E-state index in [0.717, 1.165) is 18.6 Å². The van der Waals surface area contributed by atoms with Crippen LogP contribution in [0.4, 0.5) is 0 Å². The smallest absolute Gasteiger partial charge is 0.124 e. The van der Waals surface area contributed by atoms with Crippen molar-refractivity contribution in [3.8, 4) is 0 Å². The van der Waals surface area contributed by atoms with Gasteiger partial charge < -0.3 is 9.47 Å². The van der Waals surface area contributed by atoms with Gasteiger partial charge in [-0.3, -0.25) is 0 Å². The Morgan fingerprint density at radius 3 is 2.73 bits per heavy atom. The molecule has 2 aliphatic rings. The van der Waals surface area contributed by atoms with Gasteiger partial charge in [0.25, 0.3) is 0 Å². The van der Waals surface area contributed by atoms with Gasteiger partial charge in [-0.1, -0.05) is 13.0 Å². The molecule has 1 aliphatic heterocycles. The molecule has 1 aliphatic carbocycles. The third kappa shape index (κ3) is 1.41. The van der Waals surface area contributed by atoms with Crippen LogP contribution in [0.25, 0.3) is 0 Å². The van der Waals surface area contributed by atoms with Gasteiger partial charge in [-0.2, -0.15) is 0 Å². The summed E-state index contributed by atoms with van der Waals surface area (Å²) in [5.41, 5.74) is 0. The zero-order valence-electron chi connectivity index (χ0n) is 6.71. The Hall–Kier alpha value is -0.500. The van der Waals surface area contributed by atoms with Gasteiger partial charge in [0.1, 0.15) is 18.5 Å². The molecule has 0 aromatic carbocycles. The molecule has 2 heteroatoms. The Balaban J connectivity index is 1.98. The highest BCUT2D eigenvalue weighted by atomic mass is 16.6. The van der Waals surface area contributed by atoms with Crippen LogP contribution in [0.2, 0.25) is 0 Å². The van der Waals surface area contributed by atoms with E-state index in [0.29, 0.717) is 18.8 Å². The molecule has 1 saturated carbocycles. The van der Waals surface area contributed by atoms with Crippen molar-refractivity contribution in [1.29, 1.82) is 0 Å². The molecule has 0 amide bonds. The first-order valence-corrected chi connectivity index (χ1v) is 4.32. The fourth-order valence-corrected chi connectivity index (χ4v) is 1.84. The minimum absolute atomic E-state index is 0.310. The standard InChI is InChI=1S/C9H14O2/c1-7-6-10-8-4-2-3-5-9(8)11-7/h8-9H,1-6H2/t8-,9-/m1/s1. The number of ether oxygens (including phenoxy) is 2. The van der Waals surface area contributed by atoms with Crippen LogP contribution < -0.4 is 0 Å². The fraction of sp³-hybridized carbons (Fsp3) is 0.778. The normalized spacial score (nSPS) is 37.6. The van der Waals surface area contributed by atoms with Crippen molar-refractivity contribution >= 4 is 0 Å². The first-order chi connectivity index (χ1) is 5.36. The zero-order valence-corrected chi connectivity index (χ0v) is 6.71. The first-order valence-electron chi connectivity index (χ1n) is 4.32.